The van der Waals surface area contributed by atoms with Crippen molar-refractivity contribution in [2.75, 3.05) is 11.8 Å². The molecule has 0 fully saturated rings. The average Bonchev–Trinajstić information content (AvgIpc) is 2.79. The minimum absolute atomic E-state index is 0.0149. The van der Waals surface area contributed by atoms with Crippen LogP contribution in [0.5, 0.6) is 17.2 Å². The summed E-state index contributed by atoms with van der Waals surface area (Å²) in [4.78, 5) is 3.55. The van der Waals surface area contributed by atoms with E-state index in [-0.39, 0.29) is 39.5 Å². The zero-order valence-electron chi connectivity index (χ0n) is 18.7. The number of alkyl halides is 3. The number of benzene rings is 3. The zero-order valence-corrected chi connectivity index (χ0v) is 19.5. The van der Waals surface area contributed by atoms with Gasteiger partial charge in [-0.1, -0.05) is 6.07 Å². The van der Waals surface area contributed by atoms with Gasteiger partial charge in [0.25, 0.3) is 10.0 Å². The molecule has 188 valence electrons. The summed E-state index contributed by atoms with van der Waals surface area (Å²) in [6.45, 7) is 1.47. The zero-order chi connectivity index (χ0) is 26.3. The number of pyridine rings is 1. The topological polar surface area (TPSA) is 77.5 Å². The van der Waals surface area contributed by atoms with Gasteiger partial charge in [0.2, 0.25) is 0 Å². The lowest BCUT2D eigenvalue weighted by molar-refractivity contribution is -0.136. The number of para-hydroxylation sites is 1. The van der Waals surface area contributed by atoms with E-state index in [0.29, 0.717) is 0 Å². The Morgan fingerprint density at radius 3 is 2.22 bits per heavy atom. The smallest absolute Gasteiger partial charge is 0.418 e. The van der Waals surface area contributed by atoms with Crippen LogP contribution < -0.4 is 14.2 Å². The van der Waals surface area contributed by atoms with E-state index in [9.17, 15) is 30.4 Å². The molecule has 4 rings (SSSR count). The molecule has 0 unspecified atom stereocenters. The Balaban J connectivity index is 1.64. The van der Waals surface area contributed by atoms with Crippen LogP contribution in [0.2, 0.25) is 0 Å². The van der Waals surface area contributed by atoms with Crippen molar-refractivity contribution in [1.29, 1.82) is 0 Å². The lowest BCUT2D eigenvalue weighted by Gasteiger charge is -2.15. The van der Waals surface area contributed by atoms with Crippen LogP contribution >= 0.6 is 0 Å². The van der Waals surface area contributed by atoms with Crippen LogP contribution in [-0.2, 0) is 16.2 Å². The van der Waals surface area contributed by atoms with Gasteiger partial charge in [0.15, 0.2) is 23.1 Å². The number of rotatable bonds is 6. The maximum Gasteiger partial charge on any atom is 0.418 e. The highest BCUT2D eigenvalue weighted by Crippen LogP contribution is 2.38. The Bertz CT molecular complexity index is 1570. The number of halogens is 5. The second-order valence-corrected chi connectivity index (χ2v) is 9.29. The normalized spacial score (nSPS) is 12.0. The number of nitrogens with zero attached hydrogens (tertiary/aromatic N) is 1. The van der Waals surface area contributed by atoms with Crippen LogP contribution in [0, 0.1) is 18.6 Å². The first-order valence-corrected chi connectivity index (χ1v) is 11.7. The third-order valence-corrected chi connectivity index (χ3v) is 6.45. The first-order valence-electron chi connectivity index (χ1n) is 10.2. The van der Waals surface area contributed by atoms with Crippen LogP contribution in [0.3, 0.4) is 0 Å². The molecule has 0 spiro atoms. The van der Waals surface area contributed by atoms with E-state index in [1.54, 1.807) is 0 Å². The van der Waals surface area contributed by atoms with Gasteiger partial charge in [0, 0.05) is 23.2 Å². The molecule has 36 heavy (non-hydrogen) atoms. The van der Waals surface area contributed by atoms with Crippen molar-refractivity contribution in [3.05, 3.63) is 83.6 Å². The monoisotopic (exact) mass is 524 g/mol. The van der Waals surface area contributed by atoms with Crippen molar-refractivity contribution in [2.45, 2.75) is 18.0 Å². The molecule has 12 heteroatoms. The van der Waals surface area contributed by atoms with Crippen LogP contribution in [0.4, 0.5) is 27.6 Å². The maximum absolute atomic E-state index is 14.8. The van der Waals surface area contributed by atoms with Crippen LogP contribution in [0.25, 0.3) is 10.9 Å². The number of fused-ring (bicyclic) bond motifs is 1. The van der Waals surface area contributed by atoms with Crippen LogP contribution in [-0.4, -0.2) is 20.5 Å². The first kappa shape index (κ1) is 25.2. The molecule has 0 aliphatic rings. The fraction of sp³-hybridized carbons (Fsp3) is 0.125. The average molecular weight is 524 g/mol. The minimum atomic E-state index is -4.66. The van der Waals surface area contributed by atoms with Gasteiger partial charge in [-0.25, -0.2) is 17.2 Å². The molecule has 1 N–H and O–H groups in total. The summed E-state index contributed by atoms with van der Waals surface area (Å²) < 4.78 is 107. The summed E-state index contributed by atoms with van der Waals surface area (Å²) in [6.07, 6.45) is -4.66. The largest absolute Gasteiger partial charge is 0.494 e. The summed E-state index contributed by atoms with van der Waals surface area (Å²) in [5.74, 6) is -2.47. The molecular formula is C24H17F5N2O4S. The molecular weight excluding hydrogens is 507 g/mol. The Kier molecular flexibility index (Phi) is 6.48. The van der Waals surface area contributed by atoms with Crippen molar-refractivity contribution in [3.8, 4) is 17.2 Å². The number of hydrogen-bond acceptors (Lipinski definition) is 5. The van der Waals surface area contributed by atoms with Crippen LogP contribution in [0.15, 0.2) is 65.6 Å². The summed E-state index contributed by atoms with van der Waals surface area (Å²) in [5.41, 5.74) is -1.29. The third-order valence-electron chi connectivity index (χ3n) is 5.07. The van der Waals surface area contributed by atoms with E-state index in [1.807, 2.05) is 0 Å². The molecule has 0 atom stereocenters. The van der Waals surface area contributed by atoms with E-state index in [1.165, 1.54) is 38.3 Å². The number of ether oxygens (including phenoxy) is 2. The minimum Gasteiger partial charge on any atom is -0.494 e. The standard InChI is InChI=1S/C24H17F5N2O4S/c1-13-10-22(16-4-3-5-17(23(16)30-13)24(27,28)29)35-21-8-6-14(11-18(21)25)31-36(32,33)15-7-9-20(34-2)19(26)12-15/h3-12,31H,1-2H3. The molecule has 0 bridgehead atoms. The highest BCUT2D eigenvalue weighted by atomic mass is 32.2. The number of anilines is 1. The number of methoxy groups -OCH3 is 1. The quantitative estimate of drug-likeness (QED) is 0.294. The van der Waals surface area contributed by atoms with Gasteiger partial charge in [-0.15, -0.1) is 0 Å². The summed E-state index contributed by atoms with van der Waals surface area (Å²) in [5, 5.41) is 0.0149. The predicted molar refractivity (Wildman–Crippen MR) is 122 cm³/mol. The highest BCUT2D eigenvalue weighted by Gasteiger charge is 2.33. The second-order valence-electron chi connectivity index (χ2n) is 7.61. The molecule has 0 radical (unpaired) electrons. The van der Waals surface area contributed by atoms with Gasteiger partial charge < -0.3 is 9.47 Å². The molecule has 0 saturated carbocycles. The molecule has 6 nitrogen and oxygen atoms in total. The molecule has 0 aliphatic heterocycles. The van der Waals surface area contributed by atoms with Crippen molar-refractivity contribution < 1.29 is 39.8 Å². The molecule has 1 aromatic heterocycles. The van der Waals surface area contributed by atoms with Crippen molar-refractivity contribution in [2.24, 2.45) is 0 Å². The Hall–Kier alpha value is -3.93. The van der Waals surface area contributed by atoms with E-state index in [0.717, 1.165) is 36.4 Å². The fourth-order valence-corrected chi connectivity index (χ4v) is 4.51. The maximum atomic E-state index is 14.8. The van der Waals surface area contributed by atoms with Crippen molar-refractivity contribution in [1.82, 2.24) is 4.98 Å². The molecule has 4 aromatic rings. The summed E-state index contributed by atoms with van der Waals surface area (Å²) in [7, 11) is -3.05. The Morgan fingerprint density at radius 2 is 1.58 bits per heavy atom. The predicted octanol–water partition coefficient (Wildman–Crippen LogP) is 6.44. The van der Waals surface area contributed by atoms with Gasteiger partial charge in [-0.2, -0.15) is 13.2 Å². The van der Waals surface area contributed by atoms with E-state index >= 15 is 0 Å². The fourth-order valence-electron chi connectivity index (χ4n) is 3.45. The van der Waals surface area contributed by atoms with E-state index in [2.05, 4.69) is 9.71 Å². The van der Waals surface area contributed by atoms with Crippen molar-refractivity contribution in [3.63, 3.8) is 0 Å². The van der Waals surface area contributed by atoms with Crippen LogP contribution in [0.1, 0.15) is 11.3 Å². The molecule has 0 saturated heterocycles. The summed E-state index contributed by atoms with van der Waals surface area (Å²) >= 11 is 0. The van der Waals surface area contributed by atoms with Gasteiger partial charge in [-0.05, 0) is 49.4 Å². The Morgan fingerprint density at radius 1 is 0.889 bits per heavy atom. The van der Waals surface area contributed by atoms with Gasteiger partial charge >= 0.3 is 6.18 Å². The summed E-state index contributed by atoms with van der Waals surface area (Å²) in [6, 6.07) is 10.9. The van der Waals surface area contributed by atoms with E-state index < -0.39 is 38.3 Å². The number of aromatic nitrogens is 1. The lowest BCUT2D eigenvalue weighted by Crippen LogP contribution is -2.13. The number of nitrogens with one attached hydrogen (secondary N) is 1. The molecule has 3 aromatic carbocycles. The van der Waals surface area contributed by atoms with Gasteiger partial charge in [-0.3, -0.25) is 9.71 Å². The number of hydrogen-bond donors (Lipinski definition) is 1. The number of sulfonamides is 1. The second kappa shape index (κ2) is 9.26. The third kappa shape index (κ3) is 5.03. The van der Waals surface area contributed by atoms with Gasteiger partial charge in [0.1, 0.15) is 5.75 Å². The SMILES string of the molecule is COc1ccc(S(=O)(=O)Nc2ccc(Oc3cc(C)nc4c(C(F)(F)F)cccc34)c(F)c2)cc1F. The lowest BCUT2D eigenvalue weighted by atomic mass is 10.1. The first-order chi connectivity index (χ1) is 16.9. The van der Waals surface area contributed by atoms with Gasteiger partial charge in [0.05, 0.1) is 28.8 Å². The molecule has 1 heterocycles. The van der Waals surface area contributed by atoms with E-state index in [4.69, 9.17) is 9.47 Å². The highest BCUT2D eigenvalue weighted by molar-refractivity contribution is 7.92. The molecule has 0 aliphatic carbocycles. The Labute approximate surface area is 202 Å². The molecule has 0 amide bonds. The number of aryl methyl sites for hydroxylation is 1. The van der Waals surface area contributed by atoms with Crippen molar-refractivity contribution >= 4 is 26.6 Å².